The van der Waals surface area contributed by atoms with Crippen LogP contribution in [0.2, 0.25) is 0 Å². The fourth-order valence-electron chi connectivity index (χ4n) is 5.96. The van der Waals surface area contributed by atoms with Gasteiger partial charge in [0.15, 0.2) is 11.9 Å². The molecule has 0 radical (unpaired) electrons. The van der Waals surface area contributed by atoms with Crippen LogP contribution in [0, 0.1) is 12.8 Å². The van der Waals surface area contributed by atoms with Crippen LogP contribution in [-0.2, 0) is 23.8 Å². The van der Waals surface area contributed by atoms with E-state index < -0.39 is 105 Å². The molecule has 14 nitrogen and oxygen atoms in total. The van der Waals surface area contributed by atoms with Gasteiger partial charge in [-0.15, -0.1) is 0 Å². The molecule has 5 N–H and O–H groups in total. The first-order chi connectivity index (χ1) is 21.7. The molecule has 0 aliphatic carbocycles. The number of esters is 3. The molecular formula is C32H28O14. The molecule has 1 fully saturated rings. The molecule has 3 aromatic carbocycles. The number of phenols is 5. The second kappa shape index (κ2) is 11.3. The second-order valence-electron chi connectivity index (χ2n) is 11.0. The van der Waals surface area contributed by atoms with Crippen LogP contribution in [0.3, 0.4) is 0 Å². The lowest BCUT2D eigenvalue weighted by molar-refractivity contribution is -0.177. The number of Topliss-reactive ketones (excluding diaryl/α,β-unsaturated/α-hetero) is 1. The molecule has 3 atom stereocenters. The summed E-state index contributed by atoms with van der Waals surface area (Å²) in [4.78, 5) is 65.4. The van der Waals surface area contributed by atoms with Crippen molar-refractivity contribution >= 4 is 29.5 Å². The first kappa shape index (κ1) is 31.6. The van der Waals surface area contributed by atoms with Crippen molar-refractivity contribution in [2.75, 3.05) is 14.2 Å². The summed E-state index contributed by atoms with van der Waals surface area (Å²) in [6.45, 7) is 2.96. The Morgan fingerprint density at radius 1 is 0.848 bits per heavy atom. The Bertz CT molecular complexity index is 1860. The van der Waals surface area contributed by atoms with Crippen LogP contribution in [0.4, 0.5) is 0 Å². The number of aromatic hydroxyl groups is 5. The minimum atomic E-state index is -2.20. The van der Waals surface area contributed by atoms with Gasteiger partial charge in [0.2, 0.25) is 11.4 Å². The summed E-state index contributed by atoms with van der Waals surface area (Å²) in [6.07, 6.45) is -2.04. The molecule has 46 heavy (non-hydrogen) atoms. The lowest BCUT2D eigenvalue weighted by Crippen LogP contribution is -2.59. The number of carbonyl (C=O) groups excluding carboxylic acids is 5. The molecule has 0 saturated carbocycles. The van der Waals surface area contributed by atoms with Gasteiger partial charge in [-0.2, -0.15) is 0 Å². The van der Waals surface area contributed by atoms with Crippen LogP contribution >= 0.6 is 0 Å². The van der Waals surface area contributed by atoms with Crippen molar-refractivity contribution in [1.82, 2.24) is 0 Å². The van der Waals surface area contributed by atoms with E-state index in [2.05, 4.69) is 4.74 Å². The fraction of sp³-hybridized carbons (Fsp3) is 0.281. The van der Waals surface area contributed by atoms with E-state index in [1.54, 1.807) is 6.92 Å². The summed E-state index contributed by atoms with van der Waals surface area (Å²) in [5, 5.41) is 54.1. The van der Waals surface area contributed by atoms with E-state index >= 15 is 0 Å². The van der Waals surface area contributed by atoms with E-state index in [1.807, 2.05) is 0 Å². The van der Waals surface area contributed by atoms with E-state index in [0.717, 1.165) is 38.5 Å². The smallest absolute Gasteiger partial charge is 0.354 e. The minimum absolute atomic E-state index is 0.0190. The highest BCUT2D eigenvalue weighted by Crippen LogP contribution is 2.51. The third-order valence-electron chi connectivity index (χ3n) is 8.14. The molecule has 0 aromatic heterocycles. The average Bonchev–Trinajstić information content (AvgIpc) is 3.36. The van der Waals surface area contributed by atoms with Crippen LogP contribution in [0.15, 0.2) is 30.3 Å². The first-order valence-corrected chi connectivity index (χ1v) is 13.8. The number of hydrogen-bond donors (Lipinski definition) is 5. The van der Waals surface area contributed by atoms with E-state index in [-0.39, 0.29) is 28.7 Å². The highest BCUT2D eigenvalue weighted by atomic mass is 16.6. The Kier molecular flexibility index (Phi) is 7.76. The van der Waals surface area contributed by atoms with Gasteiger partial charge in [-0.3, -0.25) is 14.4 Å². The third-order valence-corrected chi connectivity index (χ3v) is 8.14. The monoisotopic (exact) mass is 636 g/mol. The number of fused-ring (bicyclic) bond motifs is 1. The molecule has 5 rings (SSSR count). The van der Waals surface area contributed by atoms with Gasteiger partial charge in [-0.05, 0) is 42.8 Å². The lowest BCUT2D eigenvalue weighted by atomic mass is 9.79. The van der Waals surface area contributed by atoms with Crippen LogP contribution < -0.4 is 4.74 Å². The number of hydrogen-bond acceptors (Lipinski definition) is 14. The Morgan fingerprint density at radius 2 is 1.50 bits per heavy atom. The van der Waals surface area contributed by atoms with E-state index in [9.17, 15) is 49.5 Å². The van der Waals surface area contributed by atoms with Gasteiger partial charge in [0, 0.05) is 17.0 Å². The number of aryl methyl sites for hydroxylation is 1. The maximum Gasteiger partial charge on any atom is 0.354 e. The molecule has 0 unspecified atom stereocenters. The molecule has 240 valence electrons. The van der Waals surface area contributed by atoms with Gasteiger partial charge < -0.3 is 44.5 Å². The van der Waals surface area contributed by atoms with Crippen LogP contribution in [-0.4, -0.2) is 80.9 Å². The topological polar surface area (TPSA) is 223 Å². The molecule has 0 bridgehead atoms. The molecule has 3 aromatic rings. The Labute approximate surface area is 260 Å². The van der Waals surface area contributed by atoms with Crippen molar-refractivity contribution in [2.45, 2.75) is 38.4 Å². The van der Waals surface area contributed by atoms with E-state index in [1.165, 1.54) is 13.0 Å². The van der Waals surface area contributed by atoms with Crippen molar-refractivity contribution in [2.24, 2.45) is 5.92 Å². The second-order valence-corrected chi connectivity index (χ2v) is 11.0. The van der Waals surface area contributed by atoms with Crippen molar-refractivity contribution in [3.05, 3.63) is 58.1 Å². The molecule has 2 aliphatic heterocycles. The zero-order valence-electron chi connectivity index (χ0n) is 24.9. The molecular weight excluding hydrogens is 608 g/mol. The summed E-state index contributed by atoms with van der Waals surface area (Å²) < 4.78 is 21.2. The average molecular weight is 637 g/mol. The number of carbonyl (C=O) groups is 5. The van der Waals surface area contributed by atoms with Crippen molar-refractivity contribution in [3.63, 3.8) is 0 Å². The highest BCUT2D eigenvalue weighted by molar-refractivity contribution is 6.20. The standard InChI is InChI=1S/C32H28O14/c1-12-9-18(35)22(24(25(12)38)30(41)43-3)27(40)23-17(34)7-5-14(26(23)39)15-6-8-16(33)21-19(36)11-32(31(42)44-4,46-28(15)21)29-13(2)10-20(37)45-29/h5-9,13,29,33-35,38-39H,10-11H2,1-4H3/t13-,29+,32-/m1/s1. The number of rotatable bonds is 6. The number of ether oxygens (including phenoxy) is 4. The van der Waals surface area contributed by atoms with Gasteiger partial charge >= 0.3 is 17.9 Å². The zero-order valence-corrected chi connectivity index (χ0v) is 24.9. The normalized spacial score (nSPS) is 20.3. The van der Waals surface area contributed by atoms with Gasteiger partial charge in [-0.1, -0.05) is 6.92 Å². The van der Waals surface area contributed by atoms with Crippen molar-refractivity contribution in [3.8, 4) is 45.6 Å². The first-order valence-electron chi connectivity index (χ1n) is 13.8. The number of methoxy groups -OCH3 is 2. The largest absolute Gasteiger partial charge is 0.507 e. The third kappa shape index (κ3) is 4.69. The SMILES string of the molecule is COC(=O)c1c(O)c(C)cc(O)c1C(=O)c1c(O)ccc(-c2ccc(O)c3c2O[C@@](C(=O)OC)([C@H]2OC(=O)C[C@H]2C)CC3=O)c1O. The van der Waals surface area contributed by atoms with Crippen LogP contribution in [0.25, 0.3) is 11.1 Å². The van der Waals surface area contributed by atoms with E-state index in [0.29, 0.717) is 0 Å². The maximum absolute atomic E-state index is 13.8. The number of phenolic OH excluding ortho intramolecular Hbond substituents is 5. The number of cyclic esters (lactones) is 1. The molecule has 2 aliphatic rings. The summed E-state index contributed by atoms with van der Waals surface area (Å²) in [5.74, 6) is -9.76. The van der Waals surface area contributed by atoms with Crippen molar-refractivity contribution < 1.29 is 68.5 Å². The molecule has 2 heterocycles. The Hall–Kier alpha value is -5.79. The van der Waals surface area contributed by atoms with Gasteiger partial charge in [0.25, 0.3) is 0 Å². The van der Waals surface area contributed by atoms with E-state index in [4.69, 9.17) is 14.2 Å². The quantitative estimate of drug-likeness (QED) is 0.114. The summed E-state index contributed by atoms with van der Waals surface area (Å²) in [5.41, 5.74) is -5.33. The van der Waals surface area contributed by atoms with Gasteiger partial charge in [-0.25, -0.2) is 9.59 Å². The summed E-state index contributed by atoms with van der Waals surface area (Å²) in [7, 11) is 2.02. The van der Waals surface area contributed by atoms with Crippen LogP contribution in [0.1, 0.15) is 62.0 Å². The van der Waals surface area contributed by atoms with Crippen LogP contribution in [0.5, 0.6) is 34.5 Å². The molecule has 1 saturated heterocycles. The maximum atomic E-state index is 13.8. The molecule has 0 amide bonds. The molecule has 14 heteroatoms. The number of ketones is 2. The number of benzene rings is 3. The summed E-state index contributed by atoms with van der Waals surface area (Å²) >= 11 is 0. The predicted octanol–water partition coefficient (Wildman–Crippen LogP) is 3.04. The molecule has 0 spiro atoms. The zero-order chi connectivity index (χ0) is 33.8. The minimum Gasteiger partial charge on any atom is -0.507 e. The van der Waals surface area contributed by atoms with Crippen molar-refractivity contribution in [1.29, 1.82) is 0 Å². The Balaban J connectivity index is 1.74. The summed E-state index contributed by atoms with van der Waals surface area (Å²) in [6, 6.07) is 5.43. The van der Waals surface area contributed by atoms with Gasteiger partial charge in [0.1, 0.15) is 51.2 Å². The highest BCUT2D eigenvalue weighted by Gasteiger charge is 2.60. The lowest BCUT2D eigenvalue weighted by Gasteiger charge is -2.40. The van der Waals surface area contributed by atoms with Gasteiger partial charge in [0.05, 0.1) is 32.6 Å². The fourth-order valence-corrected chi connectivity index (χ4v) is 5.96. The Morgan fingerprint density at radius 3 is 2.11 bits per heavy atom. The predicted molar refractivity (Wildman–Crippen MR) is 154 cm³/mol.